The summed E-state index contributed by atoms with van der Waals surface area (Å²) in [5.41, 5.74) is -0.581. The fourth-order valence-electron chi connectivity index (χ4n) is 10.5. The number of fused-ring (bicyclic) bond motifs is 10. The molecule has 4 bridgehead atoms. The number of hydrogen-bond donors (Lipinski definition) is 2. The van der Waals surface area contributed by atoms with Crippen LogP contribution < -0.4 is 0 Å². The average molecular weight is 712 g/mol. The molecule has 4 fully saturated rings. The van der Waals surface area contributed by atoms with Gasteiger partial charge in [-0.15, -0.1) is 0 Å². The third-order valence-electron chi connectivity index (χ3n) is 14.6. The molecule has 52 heavy (non-hydrogen) atoms. The molecular weight excluding hydrogens is 654 g/mol. The summed E-state index contributed by atoms with van der Waals surface area (Å²) in [4.78, 5) is 44.5. The van der Waals surface area contributed by atoms with Crippen LogP contribution in [-0.4, -0.2) is 75.9 Å². The Labute approximate surface area is 309 Å². The van der Waals surface area contributed by atoms with Crippen molar-refractivity contribution in [3.63, 3.8) is 0 Å². The minimum atomic E-state index is -1.31. The average Bonchev–Trinajstić information content (AvgIpc) is 3.81. The van der Waals surface area contributed by atoms with Gasteiger partial charge in [-0.25, -0.2) is 0 Å². The zero-order chi connectivity index (χ0) is 37.1. The van der Waals surface area contributed by atoms with Gasteiger partial charge in [0, 0.05) is 35.1 Å². The van der Waals surface area contributed by atoms with Crippen molar-refractivity contribution < 1.29 is 34.1 Å². The Balaban J connectivity index is 1.30. The number of allylic oxidation sites excluding steroid dienone is 2. The Hall–Kier alpha value is -3.33. The predicted molar refractivity (Wildman–Crippen MR) is 199 cm³/mol. The van der Waals surface area contributed by atoms with Gasteiger partial charge in [0.15, 0.2) is 11.4 Å². The largest absolute Gasteiger partial charge is 0.448 e. The van der Waals surface area contributed by atoms with E-state index in [2.05, 4.69) is 19.9 Å². The molecule has 280 valence electrons. The van der Waals surface area contributed by atoms with Crippen LogP contribution in [0, 0.1) is 16.2 Å². The Kier molecular flexibility index (Phi) is 9.61. The first-order chi connectivity index (χ1) is 24.6. The molecule has 8 heteroatoms. The van der Waals surface area contributed by atoms with Crippen molar-refractivity contribution in [2.24, 2.45) is 16.2 Å². The van der Waals surface area contributed by atoms with Crippen molar-refractivity contribution in [2.75, 3.05) is 19.7 Å². The summed E-state index contributed by atoms with van der Waals surface area (Å²) in [5, 5.41) is 24.2. The summed E-state index contributed by atoms with van der Waals surface area (Å²) >= 11 is 0. The fourth-order valence-corrected chi connectivity index (χ4v) is 10.5. The zero-order valence-electron chi connectivity index (χ0n) is 31.7. The van der Waals surface area contributed by atoms with Crippen molar-refractivity contribution in [1.82, 2.24) is 4.90 Å². The van der Waals surface area contributed by atoms with Crippen LogP contribution in [0.15, 0.2) is 60.2 Å². The Morgan fingerprint density at radius 1 is 0.962 bits per heavy atom. The molecule has 7 unspecified atom stereocenters. The highest BCUT2D eigenvalue weighted by Gasteiger charge is 2.76. The second-order valence-electron chi connectivity index (χ2n) is 17.6. The maximum atomic E-state index is 15.1. The van der Waals surface area contributed by atoms with Crippen LogP contribution in [-0.2, 0) is 25.5 Å². The van der Waals surface area contributed by atoms with Crippen molar-refractivity contribution in [3.05, 3.63) is 82.4 Å². The molecule has 0 spiro atoms. The number of aliphatic hydroxyl groups excluding tert-OH is 1. The molecule has 2 saturated heterocycles. The normalized spacial score (nSPS) is 35.5. The Morgan fingerprint density at radius 3 is 2.40 bits per heavy atom. The van der Waals surface area contributed by atoms with E-state index in [-0.39, 0.29) is 36.2 Å². The van der Waals surface area contributed by atoms with Crippen LogP contribution >= 0.6 is 0 Å². The minimum Gasteiger partial charge on any atom is -0.448 e. The molecule has 2 aromatic rings. The molecule has 0 aromatic heterocycles. The molecule has 2 heterocycles. The lowest BCUT2D eigenvalue weighted by Gasteiger charge is -2.48. The summed E-state index contributed by atoms with van der Waals surface area (Å²) in [6.45, 7) is 11.2. The minimum absolute atomic E-state index is 0.0728. The van der Waals surface area contributed by atoms with E-state index in [0.717, 1.165) is 30.4 Å². The number of carbonyl (C=O) groups excluding carboxylic acids is 3. The summed E-state index contributed by atoms with van der Waals surface area (Å²) < 4.78 is 12.2. The zero-order valence-corrected chi connectivity index (χ0v) is 31.7. The third kappa shape index (κ3) is 5.88. The van der Waals surface area contributed by atoms with Crippen LogP contribution in [0.3, 0.4) is 0 Å². The van der Waals surface area contributed by atoms with Crippen LogP contribution in [0.1, 0.15) is 132 Å². The monoisotopic (exact) mass is 711 g/mol. The fraction of sp³-hybridized carbons (Fsp3) is 0.614. The predicted octanol–water partition coefficient (Wildman–Crippen LogP) is 7.09. The lowest BCUT2D eigenvalue weighted by molar-refractivity contribution is -0.178. The molecule has 8 rings (SSSR count). The van der Waals surface area contributed by atoms with Gasteiger partial charge in [-0.2, -0.15) is 0 Å². The van der Waals surface area contributed by atoms with Gasteiger partial charge in [0.2, 0.25) is 0 Å². The Morgan fingerprint density at radius 2 is 1.73 bits per heavy atom. The van der Waals surface area contributed by atoms with E-state index in [1.54, 1.807) is 4.90 Å². The molecule has 2 aromatic carbocycles. The molecule has 2 aliphatic heterocycles. The third-order valence-corrected chi connectivity index (χ3v) is 14.6. The number of esters is 1. The number of carbonyl (C=O) groups is 3. The molecule has 8 nitrogen and oxygen atoms in total. The number of benzene rings is 2. The van der Waals surface area contributed by atoms with Gasteiger partial charge >= 0.3 is 5.97 Å². The molecule has 0 radical (unpaired) electrons. The van der Waals surface area contributed by atoms with Crippen LogP contribution in [0.5, 0.6) is 0 Å². The summed E-state index contributed by atoms with van der Waals surface area (Å²) in [5.74, 6) is -0.802. The molecule has 4 aliphatic carbocycles. The van der Waals surface area contributed by atoms with E-state index in [9.17, 15) is 19.8 Å². The molecular formula is C44H57NO7. The van der Waals surface area contributed by atoms with E-state index < -0.39 is 33.6 Å². The van der Waals surface area contributed by atoms with E-state index in [4.69, 9.17) is 9.47 Å². The highest BCUT2D eigenvalue weighted by Crippen LogP contribution is 2.66. The number of hydrogen-bond acceptors (Lipinski definition) is 7. The highest BCUT2D eigenvalue weighted by atomic mass is 16.6. The molecule has 1 amide bonds. The second-order valence-corrected chi connectivity index (χ2v) is 17.6. The van der Waals surface area contributed by atoms with Crippen LogP contribution in [0.2, 0.25) is 0 Å². The maximum absolute atomic E-state index is 15.1. The summed E-state index contributed by atoms with van der Waals surface area (Å²) in [6, 6.07) is 15.4. The molecule has 6 aliphatic rings. The smallest absolute Gasteiger partial charge is 0.313 e. The second kappa shape index (κ2) is 13.5. The lowest BCUT2D eigenvalue weighted by Crippen LogP contribution is -2.61. The first-order valence-electron chi connectivity index (χ1n) is 19.6. The van der Waals surface area contributed by atoms with Gasteiger partial charge in [0.1, 0.15) is 0 Å². The van der Waals surface area contributed by atoms with Crippen LogP contribution in [0.25, 0.3) is 0 Å². The first-order valence-corrected chi connectivity index (χ1v) is 19.6. The number of ketones is 1. The molecule has 7 atom stereocenters. The standard InChI is InChI=1S/C44H57NO7/c1-29-11-9-20-41(4)36(34-18-16-30(25-32(46)17-15-29)26-35(34)37(47)31-12-7-6-8-13-31)19-21-43(41,50)28-45(27-33-14-10-24-51-33)38(48)44-23-22-42(5,39(49)52-44)40(44,2)3/h6-8,11-13,16,18,26,32-33,36,46,50H,9-10,14-15,17,19-25,27-28H2,1-5H3. The van der Waals surface area contributed by atoms with Crippen molar-refractivity contribution >= 4 is 17.7 Å². The SMILES string of the molecule is CC1=CCCC2(C)C(CCC2(O)CN(CC2CCCO2)C(=O)C23CCC(C)(C(=O)O2)C3(C)C)c2ccc(cc2C(=O)c2ccccc2)CC(O)CC1. The van der Waals surface area contributed by atoms with E-state index in [1.165, 1.54) is 5.57 Å². The summed E-state index contributed by atoms with van der Waals surface area (Å²) in [7, 11) is 0. The molecule has 2 saturated carbocycles. The quantitative estimate of drug-likeness (QED) is 0.179. The maximum Gasteiger partial charge on any atom is 0.313 e. The van der Waals surface area contributed by atoms with E-state index in [1.807, 2.05) is 69.3 Å². The van der Waals surface area contributed by atoms with Gasteiger partial charge in [-0.1, -0.05) is 74.9 Å². The number of amides is 1. The van der Waals surface area contributed by atoms with Crippen molar-refractivity contribution in [3.8, 4) is 0 Å². The van der Waals surface area contributed by atoms with Gasteiger partial charge in [-0.3, -0.25) is 14.4 Å². The van der Waals surface area contributed by atoms with E-state index in [0.29, 0.717) is 75.6 Å². The topological polar surface area (TPSA) is 113 Å². The van der Waals surface area contributed by atoms with Gasteiger partial charge in [0.05, 0.1) is 29.8 Å². The van der Waals surface area contributed by atoms with E-state index >= 15 is 4.79 Å². The van der Waals surface area contributed by atoms with Crippen LogP contribution in [0.4, 0.5) is 0 Å². The number of nitrogens with zero attached hydrogens (tertiary/aromatic N) is 1. The lowest BCUT2D eigenvalue weighted by atomic mass is 9.64. The van der Waals surface area contributed by atoms with Gasteiger partial charge in [-0.05, 0) is 108 Å². The Bertz CT molecular complexity index is 1750. The number of ether oxygens (including phenoxy) is 2. The number of rotatable bonds is 7. The molecule has 2 N–H and O–H groups in total. The van der Waals surface area contributed by atoms with Crippen molar-refractivity contribution in [1.29, 1.82) is 0 Å². The van der Waals surface area contributed by atoms with Gasteiger partial charge in [0.25, 0.3) is 5.91 Å². The number of aliphatic hydroxyl groups is 2. The highest BCUT2D eigenvalue weighted by molar-refractivity contribution is 6.10. The first kappa shape index (κ1) is 37.0. The van der Waals surface area contributed by atoms with Crippen molar-refractivity contribution in [2.45, 2.75) is 135 Å². The van der Waals surface area contributed by atoms with Gasteiger partial charge < -0.3 is 24.6 Å². The summed E-state index contributed by atoms with van der Waals surface area (Å²) in [6.07, 6.45) is 8.60.